The van der Waals surface area contributed by atoms with Gasteiger partial charge in [-0.2, -0.15) is 0 Å². The molecule has 1 amide bonds. The smallest absolute Gasteiger partial charge is 0.254 e. The van der Waals surface area contributed by atoms with Crippen molar-refractivity contribution in [3.05, 3.63) is 59.9 Å². The van der Waals surface area contributed by atoms with Crippen LogP contribution in [0.15, 0.2) is 48.8 Å². The van der Waals surface area contributed by atoms with Crippen molar-refractivity contribution in [2.75, 3.05) is 13.2 Å². The van der Waals surface area contributed by atoms with Gasteiger partial charge in [0.2, 0.25) is 0 Å². The topological polar surface area (TPSA) is 42.4 Å². The number of hydrogen-bond donors (Lipinski definition) is 0. The molecule has 1 aromatic heterocycles. The molecule has 1 fully saturated rings. The van der Waals surface area contributed by atoms with Crippen LogP contribution in [0.25, 0.3) is 0 Å². The molecule has 1 atom stereocenters. The van der Waals surface area contributed by atoms with Gasteiger partial charge < -0.3 is 9.64 Å². The summed E-state index contributed by atoms with van der Waals surface area (Å²) in [7, 11) is 0. The number of pyridine rings is 1. The van der Waals surface area contributed by atoms with Crippen LogP contribution >= 0.6 is 12.4 Å². The van der Waals surface area contributed by atoms with Gasteiger partial charge in [-0.25, -0.2) is 0 Å². The van der Waals surface area contributed by atoms with Gasteiger partial charge in [0.15, 0.2) is 0 Å². The number of likely N-dealkylation sites (tertiary alicyclic amines) is 1. The summed E-state index contributed by atoms with van der Waals surface area (Å²) in [5, 5.41) is 0. The Hall–Kier alpha value is -2.07. The lowest BCUT2D eigenvalue weighted by molar-refractivity contribution is 0.0610. The molecule has 2 heterocycles. The first-order valence-corrected chi connectivity index (χ1v) is 8.23. The number of amides is 1. The molecule has 1 aromatic carbocycles. The molecule has 5 heteroatoms. The van der Waals surface area contributed by atoms with Crippen LogP contribution in [0.2, 0.25) is 0 Å². The second-order valence-corrected chi connectivity index (χ2v) is 5.76. The van der Waals surface area contributed by atoms with Gasteiger partial charge in [0.1, 0.15) is 5.75 Å². The van der Waals surface area contributed by atoms with E-state index in [0.717, 1.165) is 37.1 Å². The fourth-order valence-corrected chi connectivity index (χ4v) is 3.15. The number of carbonyl (C=O) groups excluding carboxylic acids is 1. The number of aromatic nitrogens is 1. The van der Waals surface area contributed by atoms with Crippen LogP contribution in [-0.2, 0) is 0 Å². The van der Waals surface area contributed by atoms with E-state index in [-0.39, 0.29) is 24.4 Å². The Labute approximate surface area is 149 Å². The third kappa shape index (κ3) is 4.06. The van der Waals surface area contributed by atoms with Crippen molar-refractivity contribution in [1.82, 2.24) is 9.88 Å². The fraction of sp³-hybridized carbons (Fsp3) is 0.368. The Morgan fingerprint density at radius 2 is 2.17 bits per heavy atom. The summed E-state index contributed by atoms with van der Waals surface area (Å²) in [5.74, 6) is 0.813. The SMILES string of the molecule is CCOc1cccc(C(=O)N2CCCCC2c2cccnc2)c1.Cl. The number of ether oxygens (including phenoxy) is 1. The first kappa shape index (κ1) is 18.3. The van der Waals surface area contributed by atoms with E-state index in [4.69, 9.17) is 4.74 Å². The zero-order chi connectivity index (χ0) is 16.1. The standard InChI is InChI=1S/C19H22N2O2.ClH/c1-2-23-17-9-5-7-15(13-17)19(22)21-12-4-3-10-18(21)16-8-6-11-20-14-16;/h5-9,11,13-14,18H,2-4,10,12H2,1H3;1H. The minimum absolute atomic E-state index is 0. The molecule has 1 aliphatic heterocycles. The van der Waals surface area contributed by atoms with Crippen molar-refractivity contribution in [3.8, 4) is 5.75 Å². The van der Waals surface area contributed by atoms with E-state index in [1.54, 1.807) is 6.20 Å². The second kappa shape index (κ2) is 8.69. The number of piperidine rings is 1. The van der Waals surface area contributed by atoms with Crippen molar-refractivity contribution in [2.24, 2.45) is 0 Å². The molecule has 3 rings (SSSR count). The van der Waals surface area contributed by atoms with Crippen LogP contribution in [0, 0.1) is 0 Å². The first-order valence-electron chi connectivity index (χ1n) is 8.23. The average Bonchev–Trinajstić information content (AvgIpc) is 2.62. The molecule has 2 aromatic rings. The van der Waals surface area contributed by atoms with E-state index in [1.807, 2.05) is 48.4 Å². The molecular weight excluding hydrogens is 324 g/mol. The number of benzene rings is 1. The van der Waals surface area contributed by atoms with Crippen LogP contribution in [0.1, 0.15) is 48.1 Å². The monoisotopic (exact) mass is 346 g/mol. The Balaban J connectivity index is 0.00000208. The van der Waals surface area contributed by atoms with Gasteiger partial charge >= 0.3 is 0 Å². The molecule has 0 spiro atoms. The number of carbonyl (C=O) groups is 1. The predicted molar refractivity (Wildman–Crippen MR) is 96.7 cm³/mol. The Kier molecular flexibility index (Phi) is 6.62. The maximum absolute atomic E-state index is 13.0. The molecule has 1 saturated heterocycles. The van der Waals surface area contributed by atoms with E-state index < -0.39 is 0 Å². The molecular formula is C19H23ClN2O2. The zero-order valence-electron chi connectivity index (χ0n) is 13.9. The van der Waals surface area contributed by atoms with Gasteiger partial charge in [-0.05, 0) is 56.0 Å². The number of nitrogens with zero attached hydrogens (tertiary/aromatic N) is 2. The highest BCUT2D eigenvalue weighted by molar-refractivity contribution is 5.95. The number of halogens is 1. The van der Waals surface area contributed by atoms with E-state index in [0.29, 0.717) is 12.2 Å². The first-order chi connectivity index (χ1) is 11.3. The lowest BCUT2D eigenvalue weighted by Crippen LogP contribution is -2.38. The van der Waals surface area contributed by atoms with Gasteiger partial charge in [-0.15, -0.1) is 12.4 Å². The highest BCUT2D eigenvalue weighted by Gasteiger charge is 2.28. The van der Waals surface area contributed by atoms with Crippen molar-refractivity contribution < 1.29 is 9.53 Å². The minimum Gasteiger partial charge on any atom is -0.494 e. The summed E-state index contributed by atoms with van der Waals surface area (Å²) < 4.78 is 5.51. The van der Waals surface area contributed by atoms with Gasteiger partial charge in [0, 0.05) is 24.5 Å². The quantitative estimate of drug-likeness (QED) is 0.830. The molecule has 0 N–H and O–H groups in total. The molecule has 0 bridgehead atoms. The molecule has 0 aliphatic carbocycles. The lowest BCUT2D eigenvalue weighted by atomic mass is 9.95. The van der Waals surface area contributed by atoms with E-state index in [9.17, 15) is 4.79 Å². The third-order valence-electron chi connectivity index (χ3n) is 4.22. The van der Waals surface area contributed by atoms with E-state index in [2.05, 4.69) is 11.1 Å². The van der Waals surface area contributed by atoms with Crippen LogP contribution in [0.3, 0.4) is 0 Å². The molecule has 4 nitrogen and oxygen atoms in total. The van der Waals surface area contributed by atoms with Gasteiger partial charge in [0.25, 0.3) is 5.91 Å². The maximum Gasteiger partial charge on any atom is 0.254 e. The molecule has 128 valence electrons. The second-order valence-electron chi connectivity index (χ2n) is 5.76. The van der Waals surface area contributed by atoms with Crippen LogP contribution in [0.5, 0.6) is 5.75 Å². The van der Waals surface area contributed by atoms with Crippen LogP contribution < -0.4 is 4.74 Å². The third-order valence-corrected chi connectivity index (χ3v) is 4.22. The van der Waals surface area contributed by atoms with Crippen LogP contribution in [0.4, 0.5) is 0 Å². The lowest BCUT2D eigenvalue weighted by Gasteiger charge is -2.36. The molecule has 24 heavy (non-hydrogen) atoms. The Bertz CT molecular complexity index is 663. The summed E-state index contributed by atoms with van der Waals surface area (Å²) in [6, 6.07) is 11.6. The van der Waals surface area contributed by atoms with E-state index in [1.165, 1.54) is 0 Å². The largest absolute Gasteiger partial charge is 0.494 e. The Morgan fingerprint density at radius 1 is 1.29 bits per heavy atom. The Morgan fingerprint density at radius 3 is 2.92 bits per heavy atom. The zero-order valence-corrected chi connectivity index (χ0v) is 14.7. The van der Waals surface area contributed by atoms with Gasteiger partial charge in [-0.3, -0.25) is 9.78 Å². The van der Waals surface area contributed by atoms with Gasteiger partial charge in [-0.1, -0.05) is 12.1 Å². The van der Waals surface area contributed by atoms with E-state index >= 15 is 0 Å². The predicted octanol–water partition coefficient (Wildman–Crippen LogP) is 4.27. The summed E-state index contributed by atoms with van der Waals surface area (Å²) in [4.78, 5) is 19.2. The molecule has 1 aliphatic rings. The summed E-state index contributed by atoms with van der Waals surface area (Å²) >= 11 is 0. The minimum atomic E-state index is 0. The normalized spacial score (nSPS) is 17.0. The van der Waals surface area contributed by atoms with Crippen LogP contribution in [-0.4, -0.2) is 28.9 Å². The van der Waals surface area contributed by atoms with Crippen molar-refractivity contribution in [3.63, 3.8) is 0 Å². The molecule has 0 radical (unpaired) electrons. The average molecular weight is 347 g/mol. The van der Waals surface area contributed by atoms with Crippen molar-refractivity contribution >= 4 is 18.3 Å². The summed E-state index contributed by atoms with van der Waals surface area (Å²) in [5.41, 5.74) is 1.80. The molecule has 0 saturated carbocycles. The summed E-state index contributed by atoms with van der Waals surface area (Å²) in [6.45, 7) is 3.33. The van der Waals surface area contributed by atoms with Crippen molar-refractivity contribution in [1.29, 1.82) is 0 Å². The maximum atomic E-state index is 13.0. The molecule has 1 unspecified atom stereocenters. The highest BCUT2D eigenvalue weighted by Crippen LogP contribution is 2.32. The van der Waals surface area contributed by atoms with Crippen molar-refractivity contribution in [2.45, 2.75) is 32.2 Å². The number of rotatable bonds is 4. The number of hydrogen-bond acceptors (Lipinski definition) is 3. The fourth-order valence-electron chi connectivity index (χ4n) is 3.15. The van der Waals surface area contributed by atoms with Gasteiger partial charge in [0.05, 0.1) is 12.6 Å². The summed E-state index contributed by atoms with van der Waals surface area (Å²) in [6.07, 6.45) is 6.81. The highest BCUT2D eigenvalue weighted by atomic mass is 35.5.